The second-order valence-corrected chi connectivity index (χ2v) is 9.86. The van der Waals surface area contributed by atoms with Crippen molar-refractivity contribution in [2.75, 3.05) is 5.32 Å². The minimum Gasteiger partial charge on any atom is -0.323 e. The molecule has 0 fully saturated rings. The molecule has 0 aliphatic rings. The fraction of sp³-hybridized carbons (Fsp3) is 0.286. The number of carbonyl (C=O) groups is 1. The molecule has 0 aliphatic heterocycles. The zero-order valence-corrected chi connectivity index (χ0v) is 18.8. The topological polar surface area (TPSA) is 93.9 Å². The summed E-state index contributed by atoms with van der Waals surface area (Å²) in [5.74, 6) is -0.864. The van der Waals surface area contributed by atoms with Crippen LogP contribution in [0.2, 0.25) is 0 Å². The normalized spacial score (nSPS) is 12.5. The maximum Gasteiger partial charge on any atom is 0.238 e. The Bertz CT molecular complexity index is 1150. The summed E-state index contributed by atoms with van der Waals surface area (Å²) in [6.45, 7) is 4.14. The molecule has 3 rings (SSSR count). The molecular formula is C21H23FN4O3S2. The Morgan fingerprint density at radius 3 is 2.42 bits per heavy atom. The first-order chi connectivity index (χ1) is 14.9. The number of halogens is 1. The molecule has 1 amide bonds. The van der Waals surface area contributed by atoms with Crippen LogP contribution in [0.15, 0.2) is 64.6 Å². The largest absolute Gasteiger partial charge is 0.323 e. The van der Waals surface area contributed by atoms with E-state index in [0.717, 1.165) is 0 Å². The van der Waals surface area contributed by atoms with Gasteiger partial charge < -0.3 is 9.88 Å². The van der Waals surface area contributed by atoms with Crippen LogP contribution >= 0.6 is 11.8 Å². The molecule has 0 saturated heterocycles. The minimum absolute atomic E-state index is 0.109. The van der Waals surface area contributed by atoms with E-state index < -0.39 is 20.9 Å². The van der Waals surface area contributed by atoms with Crippen molar-refractivity contribution in [3.63, 3.8) is 0 Å². The lowest BCUT2D eigenvalue weighted by Crippen LogP contribution is -2.25. The fourth-order valence-corrected chi connectivity index (χ4v) is 5.27. The summed E-state index contributed by atoms with van der Waals surface area (Å²) < 4.78 is 41.0. The molecule has 1 N–H and O–H groups in total. The number of nitrogens with one attached hydrogen (secondary N) is 1. The summed E-state index contributed by atoms with van der Waals surface area (Å²) in [7, 11) is -3.58. The van der Waals surface area contributed by atoms with Gasteiger partial charge in [-0.1, -0.05) is 49.0 Å². The highest BCUT2D eigenvalue weighted by Crippen LogP contribution is 2.27. The number of amides is 1. The van der Waals surface area contributed by atoms with Crippen LogP contribution in [0.25, 0.3) is 0 Å². The van der Waals surface area contributed by atoms with Gasteiger partial charge in [-0.05, 0) is 37.6 Å². The highest BCUT2D eigenvalue weighted by atomic mass is 32.2. The predicted molar refractivity (Wildman–Crippen MR) is 118 cm³/mol. The molecule has 7 nitrogen and oxygen atoms in total. The van der Waals surface area contributed by atoms with E-state index in [0.29, 0.717) is 23.9 Å². The van der Waals surface area contributed by atoms with Crippen molar-refractivity contribution in [1.82, 2.24) is 14.8 Å². The number of hydrogen-bond donors (Lipinski definition) is 1. The van der Waals surface area contributed by atoms with Crippen molar-refractivity contribution >= 4 is 33.2 Å². The van der Waals surface area contributed by atoms with E-state index in [2.05, 4.69) is 15.5 Å². The molecule has 0 aliphatic carbocycles. The Hall–Kier alpha value is -2.72. The Morgan fingerprint density at radius 1 is 1.10 bits per heavy atom. The summed E-state index contributed by atoms with van der Waals surface area (Å²) in [6, 6.07) is 14.1. The number of para-hydroxylation sites is 1. The first-order valence-electron chi connectivity index (χ1n) is 9.77. The molecule has 1 unspecified atom stereocenters. The van der Waals surface area contributed by atoms with Gasteiger partial charge in [0.1, 0.15) is 17.4 Å². The summed E-state index contributed by atoms with van der Waals surface area (Å²) >= 11 is 1.18. The second-order valence-electron chi connectivity index (χ2n) is 6.70. The van der Waals surface area contributed by atoms with Crippen LogP contribution in [-0.4, -0.2) is 34.3 Å². The van der Waals surface area contributed by atoms with Crippen LogP contribution in [-0.2, 0) is 26.9 Å². The third-order valence-corrected chi connectivity index (χ3v) is 7.55. The smallest absolute Gasteiger partial charge is 0.238 e. The number of benzene rings is 2. The third-order valence-electron chi connectivity index (χ3n) is 4.57. The first kappa shape index (κ1) is 23.0. The van der Waals surface area contributed by atoms with E-state index in [4.69, 9.17) is 0 Å². The van der Waals surface area contributed by atoms with Crippen molar-refractivity contribution in [2.24, 2.45) is 0 Å². The summed E-state index contributed by atoms with van der Waals surface area (Å²) in [6.07, 6.45) is 0.471. The number of thioether (sulfide) groups is 1. The number of sulfone groups is 1. The van der Waals surface area contributed by atoms with Crippen molar-refractivity contribution < 1.29 is 17.6 Å². The van der Waals surface area contributed by atoms with Gasteiger partial charge in [-0.25, -0.2) is 12.8 Å². The molecule has 1 atom stereocenters. The van der Waals surface area contributed by atoms with E-state index >= 15 is 0 Å². The second kappa shape index (κ2) is 10.1. The Kier molecular flexibility index (Phi) is 7.45. The number of aromatic nitrogens is 3. The van der Waals surface area contributed by atoms with Gasteiger partial charge in [-0.15, -0.1) is 10.2 Å². The van der Waals surface area contributed by atoms with Gasteiger partial charge in [-0.2, -0.15) is 0 Å². The van der Waals surface area contributed by atoms with E-state index in [9.17, 15) is 17.6 Å². The standard InChI is InChI=1S/C21H23FN4O3S2/c1-3-18(20(27)23-17-13-9-8-12-16(17)22)30-21-25-24-19(26(21)4-2)14-31(28,29)15-10-6-5-7-11-15/h5-13,18H,3-4,14H2,1-2H3,(H,23,27). The quantitative estimate of drug-likeness (QED) is 0.485. The fourth-order valence-electron chi connectivity index (χ4n) is 2.94. The molecule has 164 valence electrons. The van der Waals surface area contributed by atoms with E-state index in [1.165, 1.54) is 36.0 Å². The highest BCUT2D eigenvalue weighted by molar-refractivity contribution is 8.00. The summed E-state index contributed by atoms with van der Waals surface area (Å²) in [5.41, 5.74) is 0.109. The molecule has 0 bridgehead atoms. The number of rotatable bonds is 9. The van der Waals surface area contributed by atoms with E-state index in [-0.39, 0.29) is 22.2 Å². The van der Waals surface area contributed by atoms with Crippen LogP contribution in [0, 0.1) is 5.82 Å². The zero-order valence-electron chi connectivity index (χ0n) is 17.2. The summed E-state index contributed by atoms with van der Waals surface area (Å²) in [4.78, 5) is 12.9. The van der Waals surface area contributed by atoms with Crippen LogP contribution in [0.4, 0.5) is 10.1 Å². The van der Waals surface area contributed by atoms with Crippen LogP contribution in [0.5, 0.6) is 0 Å². The lowest BCUT2D eigenvalue weighted by molar-refractivity contribution is -0.115. The molecule has 1 aromatic heterocycles. The van der Waals surface area contributed by atoms with Gasteiger partial charge in [-0.3, -0.25) is 4.79 Å². The number of nitrogens with zero attached hydrogens (tertiary/aromatic N) is 3. The molecule has 3 aromatic rings. The minimum atomic E-state index is -3.58. The molecule has 10 heteroatoms. The van der Waals surface area contributed by atoms with Gasteiger partial charge in [0.05, 0.1) is 15.8 Å². The van der Waals surface area contributed by atoms with Gasteiger partial charge in [0.2, 0.25) is 5.91 Å². The van der Waals surface area contributed by atoms with Crippen molar-refractivity contribution in [3.05, 3.63) is 66.2 Å². The highest BCUT2D eigenvalue weighted by Gasteiger charge is 2.25. The number of carbonyl (C=O) groups excluding carboxylic acids is 1. The zero-order chi connectivity index (χ0) is 22.4. The molecule has 0 saturated carbocycles. The van der Waals surface area contributed by atoms with Gasteiger partial charge >= 0.3 is 0 Å². The van der Waals surface area contributed by atoms with Gasteiger partial charge in [0.15, 0.2) is 15.0 Å². The van der Waals surface area contributed by atoms with Crippen LogP contribution < -0.4 is 5.32 Å². The number of hydrogen-bond acceptors (Lipinski definition) is 6. The van der Waals surface area contributed by atoms with E-state index in [1.807, 2.05) is 13.8 Å². The van der Waals surface area contributed by atoms with Crippen LogP contribution in [0.3, 0.4) is 0 Å². The van der Waals surface area contributed by atoms with Gasteiger partial charge in [0, 0.05) is 6.54 Å². The maximum absolute atomic E-state index is 13.9. The van der Waals surface area contributed by atoms with E-state index in [1.54, 1.807) is 34.9 Å². The molecule has 0 spiro atoms. The SMILES string of the molecule is CCC(Sc1nnc(CS(=O)(=O)c2ccccc2)n1CC)C(=O)Nc1ccccc1F. The average Bonchev–Trinajstić information content (AvgIpc) is 3.14. The lowest BCUT2D eigenvalue weighted by atomic mass is 10.2. The Morgan fingerprint density at radius 2 is 1.77 bits per heavy atom. The first-order valence-corrected chi connectivity index (χ1v) is 12.3. The predicted octanol–water partition coefficient (Wildman–Crippen LogP) is 3.92. The van der Waals surface area contributed by atoms with Crippen molar-refractivity contribution in [1.29, 1.82) is 0 Å². The molecular weight excluding hydrogens is 439 g/mol. The molecule has 31 heavy (non-hydrogen) atoms. The van der Waals surface area contributed by atoms with Gasteiger partial charge in [0.25, 0.3) is 0 Å². The summed E-state index contributed by atoms with van der Waals surface area (Å²) in [5, 5.41) is 10.7. The molecule has 2 aromatic carbocycles. The number of anilines is 1. The lowest BCUT2D eigenvalue weighted by Gasteiger charge is -2.15. The average molecular weight is 463 g/mol. The monoisotopic (exact) mass is 462 g/mol. The Balaban J connectivity index is 1.78. The molecule has 0 radical (unpaired) electrons. The third kappa shape index (κ3) is 5.50. The Labute approximate surface area is 185 Å². The molecule has 1 heterocycles. The van der Waals surface area contributed by atoms with Crippen molar-refractivity contribution in [3.8, 4) is 0 Å². The van der Waals surface area contributed by atoms with Crippen molar-refractivity contribution in [2.45, 2.75) is 47.9 Å². The maximum atomic E-state index is 13.9. The van der Waals surface area contributed by atoms with Crippen LogP contribution in [0.1, 0.15) is 26.1 Å².